The van der Waals surface area contributed by atoms with Crippen molar-refractivity contribution in [3.05, 3.63) is 106 Å². The van der Waals surface area contributed by atoms with Crippen LogP contribution in [0.4, 0.5) is 10.1 Å². The van der Waals surface area contributed by atoms with Gasteiger partial charge in [-0.3, -0.25) is 14.8 Å². The smallest absolute Gasteiger partial charge is 0.258 e. The normalized spacial score (nSPS) is 12.1. The Bertz CT molecular complexity index is 1700. The Kier molecular flexibility index (Phi) is 6.61. The number of hydrogen-bond donors (Lipinski definition) is 1. The fourth-order valence-corrected chi connectivity index (χ4v) is 4.99. The van der Waals surface area contributed by atoms with Crippen LogP contribution in [-0.2, 0) is 7.05 Å². The summed E-state index contributed by atoms with van der Waals surface area (Å²) >= 11 is 0. The predicted molar refractivity (Wildman–Crippen MR) is 153 cm³/mol. The van der Waals surface area contributed by atoms with E-state index in [0.29, 0.717) is 27.9 Å². The summed E-state index contributed by atoms with van der Waals surface area (Å²) in [6.45, 7) is 5.89. The fourth-order valence-electron chi connectivity index (χ4n) is 4.75. The van der Waals surface area contributed by atoms with Crippen molar-refractivity contribution < 1.29 is 4.39 Å². The van der Waals surface area contributed by atoms with E-state index in [-0.39, 0.29) is 17.3 Å². The van der Waals surface area contributed by atoms with Crippen LogP contribution in [0.3, 0.4) is 0 Å². The van der Waals surface area contributed by atoms with Gasteiger partial charge in [0.05, 0.1) is 5.69 Å². The molecule has 5 rings (SSSR count). The number of aromatic nitrogens is 3. The minimum absolute atomic E-state index is 0.0586. The largest absolute Gasteiger partial charge is 0.378 e. The average Bonchev–Trinajstić information content (AvgIpc) is 2.88. The molecule has 5 aromatic rings. The number of pyridine rings is 3. The molecule has 0 aliphatic rings. The molecular weight excluding hydrogens is 482 g/mol. The number of nitrogens with one attached hydrogen (secondary N) is 1. The minimum Gasteiger partial charge on any atom is -0.378 e. The first-order chi connectivity index (χ1) is 17.7. The van der Waals surface area contributed by atoms with E-state index in [9.17, 15) is 4.79 Å². The standard InChI is InChI=1S/C30H28FN4OP/c1-17-10-23(19(3)34-21-8-6-5-7-9-21)25-14-28(35(4)30(36)26(25)11-17)20-12-27(31)29(33-15-20)24-13-22(37)16-32-18(24)2/h5-16,19,34H,37H2,1-4H3. The van der Waals surface area contributed by atoms with E-state index in [4.69, 9.17) is 0 Å². The van der Waals surface area contributed by atoms with Crippen molar-refractivity contribution in [3.63, 3.8) is 0 Å². The zero-order valence-corrected chi connectivity index (χ0v) is 22.4. The molecule has 37 heavy (non-hydrogen) atoms. The number of benzene rings is 2. The Balaban J connectivity index is 1.64. The van der Waals surface area contributed by atoms with Gasteiger partial charge in [-0.25, -0.2) is 4.39 Å². The van der Waals surface area contributed by atoms with Gasteiger partial charge in [0, 0.05) is 53.4 Å². The van der Waals surface area contributed by atoms with Crippen LogP contribution in [0.25, 0.3) is 33.3 Å². The molecule has 0 saturated heterocycles. The number of hydrogen-bond acceptors (Lipinski definition) is 4. The first-order valence-electron chi connectivity index (χ1n) is 12.1. The number of nitrogens with zero attached hydrogens (tertiary/aromatic N) is 3. The molecule has 0 aliphatic heterocycles. The third-order valence-electron chi connectivity index (χ3n) is 6.66. The van der Waals surface area contributed by atoms with Crippen molar-refractivity contribution in [1.82, 2.24) is 14.5 Å². The summed E-state index contributed by atoms with van der Waals surface area (Å²) in [7, 11) is 4.29. The highest BCUT2D eigenvalue weighted by atomic mass is 31.0. The highest BCUT2D eigenvalue weighted by molar-refractivity contribution is 7.27. The molecule has 0 spiro atoms. The third-order valence-corrected chi connectivity index (χ3v) is 6.97. The molecule has 3 aromatic heterocycles. The number of fused-ring (bicyclic) bond motifs is 1. The van der Waals surface area contributed by atoms with Crippen LogP contribution in [0.5, 0.6) is 0 Å². The lowest BCUT2D eigenvalue weighted by atomic mass is 9.96. The molecule has 0 bridgehead atoms. The Labute approximate surface area is 217 Å². The van der Waals surface area contributed by atoms with Crippen molar-refractivity contribution in [3.8, 4) is 22.5 Å². The number of aryl methyl sites for hydroxylation is 2. The van der Waals surface area contributed by atoms with E-state index < -0.39 is 5.82 Å². The first kappa shape index (κ1) is 24.8. The third kappa shape index (κ3) is 4.77. The van der Waals surface area contributed by atoms with Crippen LogP contribution in [0, 0.1) is 19.7 Å². The van der Waals surface area contributed by atoms with Crippen molar-refractivity contribution in [2.45, 2.75) is 26.8 Å². The van der Waals surface area contributed by atoms with Gasteiger partial charge in [0.15, 0.2) is 0 Å². The van der Waals surface area contributed by atoms with Crippen molar-refractivity contribution >= 4 is 31.0 Å². The van der Waals surface area contributed by atoms with E-state index in [1.807, 2.05) is 62.4 Å². The SMILES string of the molecule is Cc1cc(C(C)Nc2ccccc2)c2cc(-c3cnc(-c4cc(P)cnc4C)c(F)c3)n(C)c(=O)c2c1. The highest BCUT2D eigenvalue weighted by Gasteiger charge is 2.18. The van der Waals surface area contributed by atoms with Gasteiger partial charge in [0.25, 0.3) is 5.56 Å². The maximum Gasteiger partial charge on any atom is 0.258 e. The van der Waals surface area contributed by atoms with Crippen LogP contribution < -0.4 is 16.2 Å². The molecular formula is C30H28FN4OP. The lowest BCUT2D eigenvalue weighted by Gasteiger charge is -2.20. The second-order valence-electron chi connectivity index (χ2n) is 9.40. The van der Waals surface area contributed by atoms with Gasteiger partial charge < -0.3 is 9.88 Å². The molecule has 5 nitrogen and oxygen atoms in total. The molecule has 0 amide bonds. The maximum atomic E-state index is 15.4. The van der Waals surface area contributed by atoms with Gasteiger partial charge in [0.2, 0.25) is 0 Å². The Hall–Kier alpha value is -3.89. The summed E-state index contributed by atoms with van der Waals surface area (Å²) in [4.78, 5) is 22.3. The van der Waals surface area contributed by atoms with Gasteiger partial charge in [-0.15, -0.1) is 9.24 Å². The molecule has 0 saturated carbocycles. The molecule has 2 unspecified atom stereocenters. The number of rotatable bonds is 5. The topological polar surface area (TPSA) is 59.8 Å². The van der Waals surface area contributed by atoms with Gasteiger partial charge in [-0.1, -0.05) is 24.3 Å². The second-order valence-corrected chi connectivity index (χ2v) is 10.1. The molecule has 7 heteroatoms. The second kappa shape index (κ2) is 9.87. The monoisotopic (exact) mass is 510 g/mol. The van der Waals surface area contributed by atoms with Crippen molar-refractivity contribution in [2.24, 2.45) is 7.05 Å². The highest BCUT2D eigenvalue weighted by Crippen LogP contribution is 2.32. The van der Waals surface area contributed by atoms with Gasteiger partial charge in [-0.2, -0.15) is 0 Å². The summed E-state index contributed by atoms with van der Waals surface area (Å²) in [5.74, 6) is -0.464. The maximum absolute atomic E-state index is 15.4. The van der Waals surface area contributed by atoms with E-state index in [1.54, 1.807) is 24.0 Å². The van der Waals surface area contributed by atoms with Crippen LogP contribution in [-0.4, -0.2) is 14.5 Å². The van der Waals surface area contributed by atoms with Crippen LogP contribution in [0.2, 0.25) is 0 Å². The molecule has 0 aliphatic carbocycles. The molecule has 1 N–H and O–H groups in total. The van der Waals surface area contributed by atoms with Gasteiger partial charge >= 0.3 is 0 Å². The lowest BCUT2D eigenvalue weighted by Crippen LogP contribution is -2.20. The Morgan fingerprint density at radius 2 is 1.73 bits per heavy atom. The number of halogens is 1. The molecule has 2 atom stereocenters. The number of para-hydroxylation sites is 1. The van der Waals surface area contributed by atoms with Crippen LogP contribution in [0.15, 0.2) is 77.9 Å². The quantitative estimate of drug-likeness (QED) is 0.291. The summed E-state index contributed by atoms with van der Waals surface area (Å²) in [5.41, 5.74) is 5.58. The summed E-state index contributed by atoms with van der Waals surface area (Å²) < 4.78 is 17.0. The summed E-state index contributed by atoms with van der Waals surface area (Å²) in [6.07, 6.45) is 3.33. The van der Waals surface area contributed by atoms with E-state index >= 15 is 4.39 Å². The van der Waals surface area contributed by atoms with E-state index in [0.717, 1.165) is 27.5 Å². The molecule has 3 heterocycles. The van der Waals surface area contributed by atoms with Gasteiger partial charge in [-0.05, 0) is 79.0 Å². The van der Waals surface area contributed by atoms with Crippen molar-refractivity contribution in [1.29, 1.82) is 0 Å². The first-order valence-corrected chi connectivity index (χ1v) is 12.6. The Morgan fingerprint density at radius 1 is 0.973 bits per heavy atom. The zero-order chi connectivity index (χ0) is 26.3. The summed E-state index contributed by atoms with van der Waals surface area (Å²) in [6, 6.07) is 19.2. The van der Waals surface area contributed by atoms with Crippen LogP contribution >= 0.6 is 9.24 Å². The van der Waals surface area contributed by atoms with Crippen LogP contribution in [0.1, 0.15) is 29.8 Å². The zero-order valence-electron chi connectivity index (χ0n) is 21.2. The molecule has 186 valence electrons. The van der Waals surface area contributed by atoms with Crippen molar-refractivity contribution in [2.75, 3.05) is 5.32 Å². The van der Waals surface area contributed by atoms with Gasteiger partial charge in [0.1, 0.15) is 11.5 Å². The molecule has 0 radical (unpaired) electrons. The fraction of sp³-hybridized carbons (Fsp3) is 0.167. The average molecular weight is 511 g/mol. The number of anilines is 1. The predicted octanol–water partition coefficient (Wildman–Crippen LogP) is 6.09. The minimum atomic E-state index is -0.464. The molecule has 0 fully saturated rings. The molecule has 2 aromatic carbocycles. The Morgan fingerprint density at radius 3 is 2.46 bits per heavy atom. The lowest BCUT2D eigenvalue weighted by molar-refractivity contribution is 0.625. The van der Waals surface area contributed by atoms with E-state index in [2.05, 4.69) is 37.5 Å². The van der Waals surface area contributed by atoms with E-state index in [1.165, 1.54) is 6.07 Å². The summed E-state index contributed by atoms with van der Waals surface area (Å²) in [5, 5.41) is 5.84.